The number of cyclic esters (lactones) is 1. The van der Waals surface area contributed by atoms with Crippen LogP contribution in [0.1, 0.15) is 11.1 Å². The van der Waals surface area contributed by atoms with Gasteiger partial charge in [-0.2, -0.15) is 15.9 Å². The Morgan fingerprint density at radius 1 is 1.07 bits per heavy atom. The quantitative estimate of drug-likeness (QED) is 0.508. The number of ether oxygens (including phenoxy) is 1. The number of thiophene rings is 1. The third kappa shape index (κ3) is 2.73. The number of hydrogen-bond donors (Lipinski definition) is 0. The molecule has 1 saturated heterocycles. The number of hydrogen-bond acceptors (Lipinski definition) is 7. The summed E-state index contributed by atoms with van der Waals surface area (Å²) in [5.74, 6) is 1.63. The van der Waals surface area contributed by atoms with Crippen LogP contribution in [-0.2, 0) is 17.7 Å². The molecule has 0 saturated carbocycles. The molecule has 0 unspecified atom stereocenters. The number of amides is 1. The van der Waals surface area contributed by atoms with Gasteiger partial charge in [0.1, 0.15) is 12.4 Å². The molecule has 1 aromatic carbocycles. The van der Waals surface area contributed by atoms with Gasteiger partial charge in [-0.3, -0.25) is 4.90 Å². The molecule has 1 fully saturated rings. The number of aromatic nitrogens is 4. The molecule has 0 bridgehead atoms. The monoisotopic (exact) mass is 418 g/mol. The molecule has 150 valence electrons. The molecular formula is C21H18N6O2S. The normalized spacial score (nSPS) is 16.2. The van der Waals surface area contributed by atoms with Crippen LogP contribution in [0, 0.1) is 0 Å². The molecule has 4 aromatic rings. The zero-order chi connectivity index (χ0) is 20.1. The molecule has 5 heterocycles. The smallest absolute Gasteiger partial charge is 0.414 e. The van der Waals surface area contributed by atoms with Crippen molar-refractivity contribution in [3.63, 3.8) is 0 Å². The van der Waals surface area contributed by atoms with Gasteiger partial charge in [0, 0.05) is 24.0 Å². The fourth-order valence-electron chi connectivity index (χ4n) is 4.17. The SMILES string of the molecule is O=C1OCCN1c1cccc2c1CCN(c1ccc3nnc(-c4ccsc4)n3n1)C2. The summed E-state index contributed by atoms with van der Waals surface area (Å²) in [6, 6.07) is 12.1. The van der Waals surface area contributed by atoms with Crippen LogP contribution < -0.4 is 9.80 Å². The van der Waals surface area contributed by atoms with Crippen LogP contribution in [-0.4, -0.2) is 45.6 Å². The second-order valence-corrected chi connectivity index (χ2v) is 8.13. The van der Waals surface area contributed by atoms with Gasteiger partial charge in [-0.15, -0.1) is 15.3 Å². The first-order chi connectivity index (χ1) is 14.8. The average Bonchev–Trinajstić information content (AvgIpc) is 3.53. The summed E-state index contributed by atoms with van der Waals surface area (Å²) in [7, 11) is 0. The van der Waals surface area contributed by atoms with Gasteiger partial charge < -0.3 is 9.64 Å². The van der Waals surface area contributed by atoms with Crippen molar-refractivity contribution in [3.8, 4) is 11.4 Å². The lowest BCUT2D eigenvalue weighted by Crippen LogP contribution is -2.33. The standard InChI is InChI=1S/C21H18N6O2S/c28-21-26(9-10-29-21)17-3-1-2-14-12-25(8-6-16(14)17)19-5-4-18-22-23-20(27(18)24-19)15-7-11-30-13-15/h1-5,7,11,13H,6,8-10,12H2. The van der Waals surface area contributed by atoms with Crippen molar-refractivity contribution in [2.75, 3.05) is 29.5 Å². The van der Waals surface area contributed by atoms with E-state index in [1.54, 1.807) is 16.2 Å². The number of fused-ring (bicyclic) bond motifs is 2. The molecule has 0 N–H and O–H groups in total. The van der Waals surface area contributed by atoms with Crippen molar-refractivity contribution in [1.82, 2.24) is 19.8 Å². The fraction of sp³-hybridized carbons (Fsp3) is 0.238. The highest BCUT2D eigenvalue weighted by Crippen LogP contribution is 2.32. The largest absolute Gasteiger partial charge is 0.447 e. The van der Waals surface area contributed by atoms with Gasteiger partial charge in [0.15, 0.2) is 11.5 Å². The molecule has 2 aliphatic rings. The van der Waals surface area contributed by atoms with E-state index in [4.69, 9.17) is 9.84 Å². The van der Waals surface area contributed by atoms with Gasteiger partial charge in [-0.05, 0) is 47.2 Å². The number of anilines is 2. The molecule has 8 nitrogen and oxygen atoms in total. The van der Waals surface area contributed by atoms with Gasteiger partial charge >= 0.3 is 6.09 Å². The highest BCUT2D eigenvalue weighted by molar-refractivity contribution is 7.08. The minimum Gasteiger partial charge on any atom is -0.447 e. The van der Waals surface area contributed by atoms with E-state index in [1.807, 2.05) is 45.6 Å². The highest BCUT2D eigenvalue weighted by atomic mass is 32.1. The van der Waals surface area contributed by atoms with Crippen LogP contribution in [0.3, 0.4) is 0 Å². The van der Waals surface area contributed by atoms with E-state index in [1.165, 1.54) is 11.1 Å². The third-order valence-electron chi connectivity index (χ3n) is 5.64. The fourth-order valence-corrected chi connectivity index (χ4v) is 4.80. The average molecular weight is 418 g/mol. The molecule has 30 heavy (non-hydrogen) atoms. The van der Waals surface area contributed by atoms with E-state index in [2.05, 4.69) is 21.2 Å². The van der Waals surface area contributed by atoms with E-state index in [0.29, 0.717) is 13.2 Å². The van der Waals surface area contributed by atoms with Crippen LogP contribution in [0.5, 0.6) is 0 Å². The number of nitrogens with zero attached hydrogens (tertiary/aromatic N) is 6. The van der Waals surface area contributed by atoms with Crippen LogP contribution in [0.4, 0.5) is 16.3 Å². The summed E-state index contributed by atoms with van der Waals surface area (Å²) in [6.07, 6.45) is 0.584. The van der Waals surface area contributed by atoms with Crippen molar-refractivity contribution in [1.29, 1.82) is 0 Å². The van der Waals surface area contributed by atoms with Crippen molar-refractivity contribution >= 4 is 34.6 Å². The highest BCUT2D eigenvalue weighted by Gasteiger charge is 2.29. The maximum Gasteiger partial charge on any atom is 0.414 e. The number of carbonyl (C=O) groups excluding carboxylic acids is 1. The Labute approximate surface area is 176 Å². The van der Waals surface area contributed by atoms with Crippen molar-refractivity contribution in [3.05, 3.63) is 58.3 Å². The molecule has 9 heteroatoms. The van der Waals surface area contributed by atoms with E-state index >= 15 is 0 Å². The predicted octanol–water partition coefficient (Wildman–Crippen LogP) is 3.37. The lowest BCUT2D eigenvalue weighted by Gasteiger charge is -2.32. The summed E-state index contributed by atoms with van der Waals surface area (Å²) < 4.78 is 6.94. The molecule has 0 radical (unpaired) electrons. The van der Waals surface area contributed by atoms with Gasteiger partial charge in [0.25, 0.3) is 0 Å². The third-order valence-corrected chi connectivity index (χ3v) is 6.33. The lowest BCUT2D eigenvalue weighted by molar-refractivity contribution is 0.181. The molecular weight excluding hydrogens is 400 g/mol. The van der Waals surface area contributed by atoms with Crippen LogP contribution in [0.15, 0.2) is 47.2 Å². The second kappa shape index (κ2) is 6.81. The first kappa shape index (κ1) is 17.4. The predicted molar refractivity (Wildman–Crippen MR) is 114 cm³/mol. The van der Waals surface area contributed by atoms with Crippen molar-refractivity contribution in [2.45, 2.75) is 13.0 Å². The summed E-state index contributed by atoms with van der Waals surface area (Å²) in [5.41, 5.74) is 5.14. The topological polar surface area (TPSA) is 75.9 Å². The lowest BCUT2D eigenvalue weighted by atomic mass is 9.97. The first-order valence-corrected chi connectivity index (χ1v) is 10.8. The summed E-state index contributed by atoms with van der Waals surface area (Å²) in [5, 5.41) is 17.5. The molecule has 1 amide bonds. The molecule has 3 aromatic heterocycles. The molecule has 0 spiro atoms. The maximum atomic E-state index is 12.0. The second-order valence-electron chi connectivity index (χ2n) is 7.35. The van der Waals surface area contributed by atoms with Gasteiger partial charge in [0.05, 0.1) is 12.2 Å². The van der Waals surface area contributed by atoms with Crippen molar-refractivity contribution in [2.24, 2.45) is 0 Å². The number of rotatable bonds is 3. The molecule has 0 aliphatic carbocycles. The summed E-state index contributed by atoms with van der Waals surface area (Å²) in [4.78, 5) is 16.0. The molecule has 2 aliphatic heterocycles. The number of benzene rings is 1. The number of carbonyl (C=O) groups is 1. The molecule has 6 rings (SSSR count). The Bertz CT molecular complexity index is 1250. The van der Waals surface area contributed by atoms with Crippen LogP contribution in [0.2, 0.25) is 0 Å². The minimum absolute atomic E-state index is 0.258. The van der Waals surface area contributed by atoms with Crippen molar-refractivity contribution < 1.29 is 9.53 Å². The van der Waals surface area contributed by atoms with Gasteiger partial charge in [0.2, 0.25) is 0 Å². The Morgan fingerprint density at radius 3 is 2.87 bits per heavy atom. The molecule has 0 atom stereocenters. The zero-order valence-corrected chi connectivity index (χ0v) is 16.9. The van der Waals surface area contributed by atoms with Gasteiger partial charge in [-0.1, -0.05) is 12.1 Å². The van der Waals surface area contributed by atoms with Gasteiger partial charge in [-0.25, -0.2) is 4.79 Å². The summed E-state index contributed by atoms with van der Waals surface area (Å²) in [6.45, 7) is 2.61. The van der Waals surface area contributed by atoms with Crippen LogP contribution >= 0.6 is 11.3 Å². The van der Waals surface area contributed by atoms with E-state index in [-0.39, 0.29) is 6.09 Å². The van der Waals surface area contributed by atoms with E-state index in [0.717, 1.165) is 48.1 Å². The first-order valence-electron chi connectivity index (χ1n) is 9.83. The summed E-state index contributed by atoms with van der Waals surface area (Å²) >= 11 is 1.63. The Morgan fingerprint density at radius 2 is 2.03 bits per heavy atom. The maximum absolute atomic E-state index is 12.0. The van der Waals surface area contributed by atoms with E-state index < -0.39 is 0 Å². The minimum atomic E-state index is -0.258. The Hall–Kier alpha value is -3.46. The van der Waals surface area contributed by atoms with Crippen LogP contribution in [0.25, 0.3) is 17.0 Å². The Kier molecular flexibility index (Phi) is 3.95. The zero-order valence-electron chi connectivity index (χ0n) is 16.1. The van der Waals surface area contributed by atoms with E-state index in [9.17, 15) is 4.79 Å². The Balaban J connectivity index is 1.34.